The number of thiophene rings is 1. The summed E-state index contributed by atoms with van der Waals surface area (Å²) in [6, 6.07) is 7.96. The Morgan fingerprint density at radius 3 is 2.66 bits per heavy atom. The number of fused-ring (bicyclic) bond motifs is 1. The SMILES string of the molecule is COCc1ccccc1-c1sc2c(c1C(=O)CS(=O)(=O)C1CC1)CC(C)(C)CC2. The van der Waals surface area contributed by atoms with Crippen LogP contribution in [0.2, 0.25) is 0 Å². The maximum atomic E-state index is 13.4. The van der Waals surface area contributed by atoms with Crippen LogP contribution in [-0.2, 0) is 34.0 Å². The van der Waals surface area contributed by atoms with Crippen LogP contribution in [0, 0.1) is 5.41 Å². The van der Waals surface area contributed by atoms with Crippen LogP contribution in [0.15, 0.2) is 24.3 Å². The van der Waals surface area contributed by atoms with Gasteiger partial charge >= 0.3 is 0 Å². The molecule has 1 saturated carbocycles. The summed E-state index contributed by atoms with van der Waals surface area (Å²) in [6.45, 7) is 4.90. The van der Waals surface area contributed by atoms with Crippen molar-refractivity contribution in [3.8, 4) is 10.4 Å². The zero-order valence-corrected chi connectivity index (χ0v) is 18.9. The molecule has 4 nitrogen and oxygen atoms in total. The number of carbonyl (C=O) groups is 1. The lowest BCUT2D eigenvalue weighted by atomic mass is 9.75. The average Bonchev–Trinajstić information content (AvgIpc) is 3.44. The molecule has 156 valence electrons. The number of ether oxygens (including phenoxy) is 1. The van der Waals surface area contributed by atoms with Crippen LogP contribution in [0.4, 0.5) is 0 Å². The highest BCUT2D eigenvalue weighted by molar-refractivity contribution is 7.93. The second kappa shape index (κ2) is 7.64. The molecular formula is C23H28O4S2. The van der Waals surface area contributed by atoms with Crippen LogP contribution in [0.5, 0.6) is 0 Å². The van der Waals surface area contributed by atoms with Crippen molar-refractivity contribution < 1.29 is 17.9 Å². The maximum Gasteiger partial charge on any atom is 0.179 e. The van der Waals surface area contributed by atoms with Gasteiger partial charge in [-0.1, -0.05) is 38.1 Å². The van der Waals surface area contributed by atoms with E-state index in [-0.39, 0.29) is 22.2 Å². The van der Waals surface area contributed by atoms with Crippen molar-refractivity contribution in [3.05, 3.63) is 45.8 Å². The molecule has 0 amide bonds. The summed E-state index contributed by atoms with van der Waals surface area (Å²) in [4.78, 5) is 15.5. The molecule has 0 unspecified atom stereocenters. The Labute approximate surface area is 177 Å². The van der Waals surface area contributed by atoms with Crippen LogP contribution in [0.25, 0.3) is 10.4 Å². The van der Waals surface area contributed by atoms with Crippen molar-refractivity contribution in [2.75, 3.05) is 12.9 Å². The smallest absolute Gasteiger partial charge is 0.179 e. The fourth-order valence-corrected chi connectivity index (χ4v) is 7.22. The highest BCUT2D eigenvalue weighted by Gasteiger charge is 2.39. The normalized spacial score (nSPS) is 18.4. The minimum Gasteiger partial charge on any atom is -0.380 e. The molecule has 1 aromatic carbocycles. The number of hydrogen-bond acceptors (Lipinski definition) is 5. The number of benzene rings is 1. The van der Waals surface area contributed by atoms with E-state index in [1.165, 1.54) is 4.88 Å². The largest absolute Gasteiger partial charge is 0.380 e. The summed E-state index contributed by atoms with van der Waals surface area (Å²) in [7, 11) is -1.70. The van der Waals surface area contributed by atoms with Gasteiger partial charge in [0, 0.05) is 22.4 Å². The van der Waals surface area contributed by atoms with Gasteiger partial charge in [-0.15, -0.1) is 11.3 Å². The average molecular weight is 433 g/mol. The summed E-state index contributed by atoms with van der Waals surface area (Å²) in [5.41, 5.74) is 3.84. The molecule has 0 bridgehead atoms. The molecule has 2 aliphatic rings. The Balaban J connectivity index is 1.84. The minimum absolute atomic E-state index is 0.113. The van der Waals surface area contributed by atoms with Crippen LogP contribution >= 0.6 is 11.3 Å². The zero-order valence-electron chi connectivity index (χ0n) is 17.3. The summed E-state index contributed by atoms with van der Waals surface area (Å²) >= 11 is 1.66. The number of hydrogen-bond donors (Lipinski definition) is 0. The van der Waals surface area contributed by atoms with Crippen LogP contribution in [0.3, 0.4) is 0 Å². The van der Waals surface area contributed by atoms with Gasteiger partial charge in [0.15, 0.2) is 15.6 Å². The van der Waals surface area contributed by atoms with Crippen molar-refractivity contribution in [3.63, 3.8) is 0 Å². The number of carbonyl (C=O) groups excluding carboxylic acids is 1. The monoisotopic (exact) mass is 432 g/mol. The van der Waals surface area contributed by atoms with E-state index < -0.39 is 9.84 Å². The molecule has 4 rings (SSSR count). The van der Waals surface area contributed by atoms with Crippen LogP contribution in [-0.4, -0.2) is 32.3 Å². The quantitative estimate of drug-likeness (QED) is 0.588. The Kier molecular flexibility index (Phi) is 5.47. The summed E-state index contributed by atoms with van der Waals surface area (Å²) in [5.74, 6) is -0.616. The molecule has 0 radical (unpaired) electrons. The number of aryl methyl sites for hydroxylation is 1. The topological polar surface area (TPSA) is 60.4 Å². The molecule has 1 heterocycles. The molecule has 1 aromatic heterocycles. The third kappa shape index (κ3) is 4.21. The molecule has 0 aliphatic heterocycles. The van der Waals surface area contributed by atoms with Crippen molar-refractivity contribution in [1.82, 2.24) is 0 Å². The number of ketones is 1. The van der Waals surface area contributed by atoms with E-state index in [2.05, 4.69) is 13.8 Å². The van der Waals surface area contributed by atoms with Gasteiger partial charge in [0.1, 0.15) is 5.75 Å². The molecule has 0 saturated heterocycles. The Morgan fingerprint density at radius 2 is 1.97 bits per heavy atom. The van der Waals surface area contributed by atoms with Gasteiger partial charge < -0.3 is 4.74 Å². The zero-order chi connectivity index (χ0) is 20.8. The van der Waals surface area contributed by atoms with E-state index in [1.807, 2.05) is 24.3 Å². The first-order chi connectivity index (χ1) is 13.7. The highest BCUT2D eigenvalue weighted by atomic mass is 32.2. The maximum absolute atomic E-state index is 13.4. The van der Waals surface area contributed by atoms with Gasteiger partial charge in [0.05, 0.1) is 11.9 Å². The Hall–Kier alpha value is -1.50. The number of rotatable bonds is 7. The van der Waals surface area contributed by atoms with E-state index in [0.717, 1.165) is 40.8 Å². The van der Waals surface area contributed by atoms with Crippen molar-refractivity contribution in [2.24, 2.45) is 5.41 Å². The predicted molar refractivity (Wildman–Crippen MR) is 117 cm³/mol. The fourth-order valence-electron chi connectivity index (χ4n) is 4.23. The first-order valence-electron chi connectivity index (χ1n) is 10.2. The van der Waals surface area contributed by atoms with E-state index in [1.54, 1.807) is 18.4 Å². The van der Waals surface area contributed by atoms with Gasteiger partial charge in [0.25, 0.3) is 0 Å². The molecule has 1 fully saturated rings. The summed E-state index contributed by atoms with van der Waals surface area (Å²) in [6.07, 6.45) is 4.21. The van der Waals surface area contributed by atoms with E-state index >= 15 is 0 Å². The molecular weight excluding hydrogens is 404 g/mol. The van der Waals surface area contributed by atoms with Gasteiger partial charge in [-0.2, -0.15) is 0 Å². The van der Waals surface area contributed by atoms with Crippen LogP contribution in [0.1, 0.15) is 59.5 Å². The van der Waals surface area contributed by atoms with Crippen molar-refractivity contribution in [2.45, 2.75) is 57.8 Å². The lowest BCUT2D eigenvalue weighted by Crippen LogP contribution is -2.25. The second-order valence-corrected chi connectivity index (χ2v) is 12.5. The number of methoxy groups -OCH3 is 1. The fraction of sp³-hybridized carbons (Fsp3) is 0.522. The standard InChI is InChI=1S/C23H28O4S2/c1-23(2)11-10-20-18(12-23)21(19(24)14-29(25,26)16-8-9-16)22(28-20)17-7-5-4-6-15(17)13-27-3/h4-7,16H,8-14H2,1-3H3. The molecule has 2 aromatic rings. The second-order valence-electron chi connectivity index (χ2n) is 9.07. The Morgan fingerprint density at radius 1 is 1.24 bits per heavy atom. The molecule has 0 atom stereocenters. The van der Waals surface area contributed by atoms with Crippen molar-refractivity contribution >= 4 is 27.0 Å². The molecule has 0 N–H and O–H groups in total. The van der Waals surface area contributed by atoms with Crippen molar-refractivity contribution in [1.29, 1.82) is 0 Å². The third-order valence-corrected chi connectivity index (χ3v) is 9.46. The molecule has 0 spiro atoms. The van der Waals surface area contributed by atoms with Crippen LogP contribution < -0.4 is 0 Å². The van der Waals surface area contributed by atoms with E-state index in [0.29, 0.717) is 25.0 Å². The summed E-state index contributed by atoms with van der Waals surface area (Å²) in [5, 5.41) is -0.318. The van der Waals surface area contributed by atoms with E-state index in [4.69, 9.17) is 4.74 Å². The highest BCUT2D eigenvalue weighted by Crippen LogP contribution is 2.46. The number of Topliss-reactive ketones (excluding diaryl/α,β-unsaturated/α-hetero) is 1. The molecule has 29 heavy (non-hydrogen) atoms. The van der Waals surface area contributed by atoms with Gasteiger partial charge in [-0.3, -0.25) is 4.79 Å². The minimum atomic E-state index is -3.36. The molecule has 6 heteroatoms. The van der Waals surface area contributed by atoms with E-state index in [9.17, 15) is 13.2 Å². The first kappa shape index (κ1) is 20.8. The Bertz CT molecular complexity index is 1040. The lowest BCUT2D eigenvalue weighted by molar-refractivity contribution is 0.102. The van der Waals surface area contributed by atoms with Gasteiger partial charge in [-0.25, -0.2) is 8.42 Å². The van der Waals surface area contributed by atoms with Gasteiger partial charge in [-0.05, 0) is 54.2 Å². The lowest BCUT2D eigenvalue weighted by Gasteiger charge is -2.30. The first-order valence-corrected chi connectivity index (χ1v) is 12.7. The molecule has 2 aliphatic carbocycles. The third-order valence-electron chi connectivity index (χ3n) is 5.98. The number of sulfone groups is 1. The summed E-state index contributed by atoms with van der Waals surface area (Å²) < 4.78 is 30.5. The predicted octanol–water partition coefficient (Wildman–Crippen LogP) is 4.84. The van der Waals surface area contributed by atoms with Gasteiger partial charge in [0.2, 0.25) is 0 Å².